The molecular formula is C23H25ClN4O3. The Morgan fingerprint density at radius 1 is 0.968 bits per heavy atom. The molecule has 2 aliphatic heterocycles. The molecule has 1 N–H and O–H groups in total. The summed E-state index contributed by atoms with van der Waals surface area (Å²) in [5, 5.41) is 3.46. The van der Waals surface area contributed by atoms with Gasteiger partial charge in [0.25, 0.3) is 5.91 Å². The summed E-state index contributed by atoms with van der Waals surface area (Å²) in [6.45, 7) is 3.49. The number of amides is 3. The van der Waals surface area contributed by atoms with E-state index in [4.69, 9.17) is 11.6 Å². The first-order valence-electron chi connectivity index (χ1n) is 10.4. The molecule has 1 unspecified atom stereocenters. The van der Waals surface area contributed by atoms with Crippen LogP contribution in [-0.4, -0.2) is 67.3 Å². The van der Waals surface area contributed by atoms with Crippen molar-refractivity contribution < 1.29 is 14.4 Å². The van der Waals surface area contributed by atoms with Gasteiger partial charge in [-0.3, -0.25) is 14.4 Å². The second-order valence-corrected chi connectivity index (χ2v) is 8.48. The van der Waals surface area contributed by atoms with Crippen LogP contribution < -0.4 is 10.2 Å². The summed E-state index contributed by atoms with van der Waals surface area (Å²) >= 11 is 5.91. The van der Waals surface area contributed by atoms with Gasteiger partial charge in [0.1, 0.15) is 0 Å². The summed E-state index contributed by atoms with van der Waals surface area (Å²) in [6, 6.07) is 13.9. The molecule has 0 saturated carbocycles. The molecule has 2 fully saturated rings. The minimum atomic E-state index is -0.435. The molecule has 0 spiro atoms. The van der Waals surface area contributed by atoms with Crippen LogP contribution in [0.4, 0.5) is 11.4 Å². The maximum atomic E-state index is 12.7. The predicted molar refractivity (Wildman–Crippen MR) is 120 cm³/mol. The van der Waals surface area contributed by atoms with Gasteiger partial charge in [-0.1, -0.05) is 11.6 Å². The molecule has 3 amide bonds. The molecule has 7 nitrogen and oxygen atoms in total. The van der Waals surface area contributed by atoms with Crippen molar-refractivity contribution in [1.82, 2.24) is 9.80 Å². The van der Waals surface area contributed by atoms with Crippen molar-refractivity contribution in [3.63, 3.8) is 0 Å². The van der Waals surface area contributed by atoms with E-state index < -0.39 is 5.92 Å². The number of carbonyl (C=O) groups is 3. The number of likely N-dealkylation sites (N-methyl/N-ethyl adjacent to an activating group) is 1. The Morgan fingerprint density at radius 3 is 2.26 bits per heavy atom. The second-order valence-electron chi connectivity index (χ2n) is 8.04. The van der Waals surface area contributed by atoms with Gasteiger partial charge in [-0.25, -0.2) is 0 Å². The fraction of sp³-hybridized carbons (Fsp3) is 0.348. The first kappa shape index (κ1) is 21.3. The van der Waals surface area contributed by atoms with E-state index in [9.17, 15) is 14.4 Å². The Balaban J connectivity index is 1.35. The third kappa shape index (κ3) is 4.89. The van der Waals surface area contributed by atoms with E-state index in [2.05, 4.69) is 10.2 Å². The number of anilines is 2. The largest absolute Gasteiger partial charge is 0.336 e. The van der Waals surface area contributed by atoms with Crippen molar-refractivity contribution in [1.29, 1.82) is 0 Å². The molecule has 0 radical (unpaired) electrons. The molecule has 1 atom stereocenters. The van der Waals surface area contributed by atoms with Gasteiger partial charge < -0.3 is 20.0 Å². The summed E-state index contributed by atoms with van der Waals surface area (Å²) < 4.78 is 0. The highest BCUT2D eigenvalue weighted by Gasteiger charge is 2.35. The highest BCUT2D eigenvalue weighted by Crippen LogP contribution is 2.27. The fourth-order valence-corrected chi connectivity index (χ4v) is 4.01. The van der Waals surface area contributed by atoms with E-state index in [0.29, 0.717) is 35.9 Å². The second kappa shape index (κ2) is 9.08. The van der Waals surface area contributed by atoms with Crippen molar-refractivity contribution in [3.05, 3.63) is 59.1 Å². The molecule has 0 aromatic heterocycles. The first-order valence-corrected chi connectivity index (χ1v) is 10.7. The van der Waals surface area contributed by atoms with Crippen molar-refractivity contribution in [3.8, 4) is 0 Å². The van der Waals surface area contributed by atoms with Gasteiger partial charge in [-0.2, -0.15) is 0 Å². The molecule has 0 bridgehead atoms. The van der Waals surface area contributed by atoms with Gasteiger partial charge in [0.15, 0.2) is 0 Å². The zero-order valence-electron chi connectivity index (χ0n) is 17.4. The van der Waals surface area contributed by atoms with Crippen LogP contribution >= 0.6 is 11.6 Å². The van der Waals surface area contributed by atoms with Gasteiger partial charge in [-0.05, 0) is 55.6 Å². The number of piperazine rings is 1. The van der Waals surface area contributed by atoms with Gasteiger partial charge in [0.2, 0.25) is 11.8 Å². The smallest absolute Gasteiger partial charge is 0.253 e. The summed E-state index contributed by atoms with van der Waals surface area (Å²) in [4.78, 5) is 43.4. The Morgan fingerprint density at radius 2 is 1.61 bits per heavy atom. The van der Waals surface area contributed by atoms with Crippen LogP contribution in [0, 0.1) is 5.92 Å². The number of rotatable bonds is 4. The van der Waals surface area contributed by atoms with Crippen LogP contribution in [0.1, 0.15) is 16.8 Å². The number of hydrogen-bond acceptors (Lipinski definition) is 4. The SMILES string of the molecule is CN1CCN(C(=O)c2ccc(NC(=O)C3CC(=O)N(c4ccc(Cl)cc4)C3)cc2)CC1. The number of nitrogens with one attached hydrogen (secondary N) is 1. The zero-order valence-corrected chi connectivity index (χ0v) is 18.1. The third-order valence-corrected chi connectivity index (χ3v) is 6.08. The molecule has 2 aliphatic rings. The Bertz CT molecular complexity index is 969. The predicted octanol–water partition coefficient (Wildman–Crippen LogP) is 2.72. The number of hydrogen-bond donors (Lipinski definition) is 1. The van der Waals surface area contributed by atoms with Crippen LogP contribution in [0.2, 0.25) is 5.02 Å². The van der Waals surface area contributed by atoms with Crippen LogP contribution in [0.25, 0.3) is 0 Å². The summed E-state index contributed by atoms with van der Waals surface area (Å²) in [5.74, 6) is -0.723. The van der Waals surface area contributed by atoms with Crippen LogP contribution in [0.15, 0.2) is 48.5 Å². The monoisotopic (exact) mass is 440 g/mol. The van der Waals surface area contributed by atoms with Crippen molar-refractivity contribution in [2.75, 3.05) is 50.0 Å². The van der Waals surface area contributed by atoms with E-state index in [1.807, 2.05) is 11.9 Å². The lowest BCUT2D eigenvalue weighted by molar-refractivity contribution is -0.122. The number of nitrogens with zero attached hydrogens (tertiary/aromatic N) is 3. The minimum Gasteiger partial charge on any atom is -0.336 e. The average Bonchev–Trinajstić information content (AvgIpc) is 3.17. The van der Waals surface area contributed by atoms with Crippen LogP contribution in [0.3, 0.4) is 0 Å². The van der Waals surface area contributed by atoms with E-state index in [0.717, 1.165) is 18.8 Å². The molecule has 2 aromatic rings. The van der Waals surface area contributed by atoms with Crippen molar-refractivity contribution in [2.45, 2.75) is 6.42 Å². The van der Waals surface area contributed by atoms with E-state index in [-0.39, 0.29) is 24.1 Å². The van der Waals surface area contributed by atoms with E-state index in [1.165, 1.54) is 0 Å². The summed E-state index contributed by atoms with van der Waals surface area (Å²) in [6.07, 6.45) is 0.161. The van der Waals surface area contributed by atoms with E-state index >= 15 is 0 Å². The van der Waals surface area contributed by atoms with Crippen LogP contribution in [0.5, 0.6) is 0 Å². The van der Waals surface area contributed by atoms with Crippen molar-refractivity contribution in [2.24, 2.45) is 5.92 Å². The minimum absolute atomic E-state index is 0.00553. The molecule has 2 saturated heterocycles. The molecule has 0 aliphatic carbocycles. The molecule has 2 heterocycles. The number of carbonyl (C=O) groups excluding carboxylic acids is 3. The Hall–Kier alpha value is -2.90. The summed E-state index contributed by atoms with van der Waals surface area (Å²) in [5.41, 5.74) is 1.95. The topological polar surface area (TPSA) is 73.0 Å². The van der Waals surface area contributed by atoms with Crippen LogP contribution in [-0.2, 0) is 9.59 Å². The fourth-order valence-electron chi connectivity index (χ4n) is 3.89. The third-order valence-electron chi connectivity index (χ3n) is 5.82. The highest BCUT2D eigenvalue weighted by molar-refractivity contribution is 6.30. The first-order chi connectivity index (χ1) is 14.9. The molecule has 4 rings (SSSR count). The Labute approximate surface area is 186 Å². The lowest BCUT2D eigenvalue weighted by Gasteiger charge is -2.32. The van der Waals surface area contributed by atoms with E-state index in [1.54, 1.807) is 53.4 Å². The lowest BCUT2D eigenvalue weighted by Crippen LogP contribution is -2.47. The van der Waals surface area contributed by atoms with Gasteiger partial charge in [-0.15, -0.1) is 0 Å². The quantitative estimate of drug-likeness (QED) is 0.793. The molecule has 31 heavy (non-hydrogen) atoms. The average molecular weight is 441 g/mol. The maximum Gasteiger partial charge on any atom is 0.253 e. The highest BCUT2D eigenvalue weighted by atomic mass is 35.5. The maximum absolute atomic E-state index is 12.7. The Kier molecular flexibility index (Phi) is 6.25. The standard InChI is InChI=1S/C23H25ClN4O3/c1-26-10-12-27(13-11-26)23(31)16-2-6-19(7-3-16)25-22(30)17-14-21(29)28(15-17)20-8-4-18(24)5-9-20/h2-9,17H,10-15H2,1H3,(H,25,30). The zero-order chi connectivity index (χ0) is 22.0. The van der Waals surface area contributed by atoms with Crippen molar-refractivity contribution >= 4 is 40.7 Å². The lowest BCUT2D eigenvalue weighted by atomic mass is 10.1. The summed E-state index contributed by atoms with van der Waals surface area (Å²) in [7, 11) is 2.05. The number of halogens is 1. The van der Waals surface area contributed by atoms with Gasteiger partial charge in [0.05, 0.1) is 5.92 Å². The normalized spacial score (nSPS) is 19.5. The van der Waals surface area contributed by atoms with Gasteiger partial charge in [0, 0.05) is 61.1 Å². The molecule has 162 valence electrons. The van der Waals surface area contributed by atoms with Gasteiger partial charge >= 0.3 is 0 Å². The number of benzene rings is 2. The molecule has 2 aromatic carbocycles. The molecular weight excluding hydrogens is 416 g/mol. The molecule has 8 heteroatoms.